The van der Waals surface area contributed by atoms with Crippen molar-refractivity contribution >= 4 is 21.6 Å². The second-order valence-corrected chi connectivity index (χ2v) is 8.75. The minimum Gasteiger partial charge on any atom is -0.478 e. The van der Waals surface area contributed by atoms with E-state index in [4.69, 9.17) is 4.74 Å². The molecule has 0 radical (unpaired) electrons. The molecule has 7 heteroatoms. The number of carbonyl (C=O) groups is 1. The van der Waals surface area contributed by atoms with Gasteiger partial charge in [0.1, 0.15) is 5.75 Å². The summed E-state index contributed by atoms with van der Waals surface area (Å²) in [6.45, 7) is 0.807. The number of hydrogen-bond acceptors (Lipinski definition) is 4. The molecule has 0 fully saturated rings. The van der Waals surface area contributed by atoms with Gasteiger partial charge in [0.2, 0.25) is 10.0 Å². The molecular weight excluding hydrogens is 352 g/mol. The van der Waals surface area contributed by atoms with Crippen LogP contribution in [0.1, 0.15) is 38.5 Å². The number of hydrogen-bond donors (Lipinski definition) is 1. The van der Waals surface area contributed by atoms with Crippen LogP contribution in [0.25, 0.3) is 0 Å². The molecule has 2 aliphatic rings. The highest BCUT2D eigenvalue weighted by Gasteiger charge is 2.30. The maximum absolute atomic E-state index is 12.5. The molecule has 0 saturated carbocycles. The van der Waals surface area contributed by atoms with E-state index in [1.807, 2.05) is 0 Å². The normalized spacial score (nSPS) is 20.4. The van der Waals surface area contributed by atoms with Crippen molar-refractivity contribution < 1.29 is 17.9 Å². The van der Waals surface area contributed by atoms with Gasteiger partial charge in [-0.25, -0.2) is 8.42 Å². The molecule has 0 aromatic heterocycles. The van der Waals surface area contributed by atoms with Crippen LogP contribution in [0.5, 0.6) is 5.75 Å². The van der Waals surface area contributed by atoms with Crippen molar-refractivity contribution in [2.45, 2.75) is 44.6 Å². The number of fused-ring (bicyclic) bond motifs is 1. The summed E-state index contributed by atoms with van der Waals surface area (Å²) in [4.78, 5) is 12.5. The minimum absolute atomic E-state index is 0.188. The van der Waals surface area contributed by atoms with E-state index in [2.05, 4.69) is 11.4 Å². The van der Waals surface area contributed by atoms with E-state index in [1.54, 1.807) is 24.3 Å². The van der Waals surface area contributed by atoms with Crippen LogP contribution >= 0.6 is 0 Å². The van der Waals surface area contributed by atoms with Crippen LogP contribution in [-0.2, 0) is 14.8 Å². The third kappa shape index (κ3) is 4.58. The van der Waals surface area contributed by atoms with E-state index < -0.39 is 16.1 Å². The number of carbonyl (C=O) groups excluding carboxylic acids is 1. The molecule has 6 nitrogen and oxygen atoms in total. The Morgan fingerprint density at radius 2 is 2.12 bits per heavy atom. The molecule has 1 aliphatic heterocycles. The number of amides is 1. The lowest BCUT2D eigenvalue weighted by atomic mass is 9.97. The summed E-state index contributed by atoms with van der Waals surface area (Å²) in [7, 11) is -3.43. The van der Waals surface area contributed by atoms with Gasteiger partial charge in [-0.3, -0.25) is 9.10 Å². The summed E-state index contributed by atoms with van der Waals surface area (Å²) in [6, 6.07) is 6.94. The van der Waals surface area contributed by atoms with E-state index in [-0.39, 0.29) is 12.5 Å². The number of para-hydroxylation sites is 2. The van der Waals surface area contributed by atoms with Crippen molar-refractivity contribution in [2.24, 2.45) is 0 Å². The smallest absolute Gasteiger partial charge is 0.261 e. The van der Waals surface area contributed by atoms with Gasteiger partial charge in [0.15, 0.2) is 6.10 Å². The summed E-state index contributed by atoms with van der Waals surface area (Å²) in [5, 5.41) is 2.94. The number of allylic oxidation sites excluding steroid dienone is 1. The fourth-order valence-electron chi connectivity index (χ4n) is 3.45. The zero-order chi connectivity index (χ0) is 18.6. The lowest BCUT2D eigenvalue weighted by Gasteiger charge is -2.20. The number of benzene rings is 1. The van der Waals surface area contributed by atoms with Crippen LogP contribution < -0.4 is 14.4 Å². The highest BCUT2D eigenvalue weighted by molar-refractivity contribution is 7.92. The SMILES string of the molecule is CS(=O)(=O)N1CC[C@@H](C(=O)NCCC2=CCCCC2)Oc2ccccc21. The van der Waals surface area contributed by atoms with Crippen molar-refractivity contribution in [3.8, 4) is 5.75 Å². The fourth-order valence-corrected chi connectivity index (χ4v) is 4.40. The highest BCUT2D eigenvalue weighted by atomic mass is 32.2. The maximum atomic E-state index is 12.5. The van der Waals surface area contributed by atoms with E-state index >= 15 is 0 Å². The number of nitrogens with zero attached hydrogens (tertiary/aromatic N) is 1. The summed E-state index contributed by atoms with van der Waals surface area (Å²) in [6.07, 6.45) is 8.66. The highest BCUT2D eigenvalue weighted by Crippen LogP contribution is 2.33. The molecule has 1 N–H and O–H groups in total. The van der Waals surface area contributed by atoms with Crippen LogP contribution in [0.2, 0.25) is 0 Å². The Labute approximate surface area is 155 Å². The number of nitrogens with one attached hydrogen (secondary N) is 1. The van der Waals surface area contributed by atoms with Gasteiger partial charge in [-0.05, 0) is 44.2 Å². The summed E-state index contributed by atoms with van der Waals surface area (Å²) in [5.41, 5.74) is 1.89. The molecule has 0 unspecified atom stereocenters. The van der Waals surface area contributed by atoms with Crippen molar-refractivity contribution in [1.82, 2.24) is 5.32 Å². The fraction of sp³-hybridized carbons (Fsp3) is 0.526. The second-order valence-electron chi connectivity index (χ2n) is 6.85. The van der Waals surface area contributed by atoms with Gasteiger partial charge in [0.25, 0.3) is 5.91 Å². The first-order valence-corrected chi connectivity index (χ1v) is 11.0. The number of ether oxygens (including phenoxy) is 1. The summed E-state index contributed by atoms with van der Waals surface area (Å²) in [5.74, 6) is 0.233. The van der Waals surface area contributed by atoms with Gasteiger partial charge in [0, 0.05) is 19.5 Å². The van der Waals surface area contributed by atoms with E-state index in [9.17, 15) is 13.2 Å². The number of anilines is 1. The van der Waals surface area contributed by atoms with Crippen LogP contribution in [-0.4, -0.2) is 39.8 Å². The van der Waals surface area contributed by atoms with Crippen LogP contribution in [0.3, 0.4) is 0 Å². The van der Waals surface area contributed by atoms with E-state index in [0.717, 1.165) is 19.3 Å². The first kappa shape index (κ1) is 18.8. The molecule has 0 bridgehead atoms. The molecule has 0 saturated heterocycles. The predicted octanol–water partition coefficient (Wildman–Crippen LogP) is 2.61. The molecule has 26 heavy (non-hydrogen) atoms. The first-order valence-electron chi connectivity index (χ1n) is 9.14. The molecule has 3 rings (SSSR count). The van der Waals surface area contributed by atoms with E-state index in [1.165, 1.54) is 29.0 Å². The molecule has 0 spiro atoms. The molecule has 1 aromatic carbocycles. The third-order valence-corrected chi connectivity index (χ3v) is 6.00. The van der Waals surface area contributed by atoms with Gasteiger partial charge in [-0.15, -0.1) is 0 Å². The zero-order valence-corrected chi connectivity index (χ0v) is 15.9. The van der Waals surface area contributed by atoms with Crippen LogP contribution in [0.4, 0.5) is 5.69 Å². The van der Waals surface area contributed by atoms with Gasteiger partial charge in [-0.1, -0.05) is 23.8 Å². The van der Waals surface area contributed by atoms with Gasteiger partial charge in [-0.2, -0.15) is 0 Å². The molecule has 1 atom stereocenters. The Hall–Kier alpha value is -2.02. The number of sulfonamides is 1. The second kappa shape index (κ2) is 8.12. The lowest BCUT2D eigenvalue weighted by Crippen LogP contribution is -2.40. The summed E-state index contributed by atoms with van der Waals surface area (Å²) >= 11 is 0. The lowest BCUT2D eigenvalue weighted by molar-refractivity contribution is -0.128. The average molecular weight is 378 g/mol. The van der Waals surface area contributed by atoms with Crippen molar-refractivity contribution in [1.29, 1.82) is 0 Å². The third-order valence-electron chi connectivity index (χ3n) is 4.82. The maximum Gasteiger partial charge on any atom is 0.261 e. The van der Waals surface area contributed by atoms with Crippen molar-refractivity contribution in [3.05, 3.63) is 35.9 Å². The predicted molar refractivity (Wildman–Crippen MR) is 102 cm³/mol. The van der Waals surface area contributed by atoms with Gasteiger partial charge in [0.05, 0.1) is 11.9 Å². The Kier molecular flexibility index (Phi) is 5.86. The molecule has 1 heterocycles. The largest absolute Gasteiger partial charge is 0.478 e. The summed E-state index contributed by atoms with van der Waals surface area (Å²) < 4.78 is 31.3. The molecule has 142 valence electrons. The van der Waals surface area contributed by atoms with Gasteiger partial charge < -0.3 is 10.1 Å². The van der Waals surface area contributed by atoms with Gasteiger partial charge >= 0.3 is 0 Å². The minimum atomic E-state index is -3.43. The average Bonchev–Trinajstić information content (AvgIpc) is 2.82. The Morgan fingerprint density at radius 1 is 1.31 bits per heavy atom. The van der Waals surface area contributed by atoms with Crippen molar-refractivity contribution in [3.63, 3.8) is 0 Å². The standard InChI is InChI=1S/C19H26N2O4S/c1-26(23,24)21-14-12-18(25-17-10-6-5-9-16(17)21)19(22)20-13-11-15-7-3-2-4-8-15/h5-7,9-10,18H,2-4,8,11-14H2,1H3,(H,20,22)/t18-/m0/s1. The topological polar surface area (TPSA) is 75.7 Å². The number of rotatable bonds is 5. The molecular formula is C19H26N2O4S. The zero-order valence-electron chi connectivity index (χ0n) is 15.1. The molecule has 1 amide bonds. The molecule has 1 aliphatic carbocycles. The van der Waals surface area contributed by atoms with Crippen LogP contribution in [0.15, 0.2) is 35.9 Å². The Balaban J connectivity index is 1.64. The molecule has 1 aromatic rings. The van der Waals surface area contributed by atoms with Crippen LogP contribution in [0, 0.1) is 0 Å². The quantitative estimate of drug-likeness (QED) is 0.799. The Bertz CT molecular complexity index is 788. The van der Waals surface area contributed by atoms with E-state index in [0.29, 0.717) is 24.4 Å². The van der Waals surface area contributed by atoms with Crippen molar-refractivity contribution in [2.75, 3.05) is 23.7 Å². The first-order chi connectivity index (χ1) is 12.4. The monoisotopic (exact) mass is 378 g/mol. The Morgan fingerprint density at radius 3 is 2.85 bits per heavy atom.